The standard InChI is InChI=1S/C18H21N3O4S/c1-10-5-7-11(8-6-10)20-17(24)21-12-9-13(18(2,3)4)26-14(12)15(22)25-16(19)23/h5-9H,1-4H3,(H2,19,23)(H2,20,21,24). The number of urea groups is 1. The van der Waals surface area contributed by atoms with E-state index in [9.17, 15) is 14.4 Å². The number of nitrogens with one attached hydrogen (secondary N) is 2. The van der Waals surface area contributed by atoms with Gasteiger partial charge in [0.15, 0.2) is 0 Å². The number of thiophene rings is 1. The van der Waals surface area contributed by atoms with E-state index in [0.717, 1.165) is 21.8 Å². The molecular weight excluding hydrogens is 354 g/mol. The molecule has 0 unspecified atom stereocenters. The van der Waals surface area contributed by atoms with Crippen molar-refractivity contribution >= 4 is 40.8 Å². The predicted molar refractivity (Wildman–Crippen MR) is 102 cm³/mol. The van der Waals surface area contributed by atoms with Gasteiger partial charge in [-0.05, 0) is 30.5 Å². The van der Waals surface area contributed by atoms with Gasteiger partial charge >= 0.3 is 18.1 Å². The summed E-state index contributed by atoms with van der Waals surface area (Å²) in [7, 11) is 0. The zero-order valence-electron chi connectivity index (χ0n) is 15.0. The first-order valence-electron chi connectivity index (χ1n) is 7.87. The molecule has 0 aliphatic rings. The summed E-state index contributed by atoms with van der Waals surface area (Å²) in [5, 5.41) is 5.31. The van der Waals surface area contributed by atoms with E-state index in [-0.39, 0.29) is 16.0 Å². The van der Waals surface area contributed by atoms with Crippen molar-refractivity contribution in [1.82, 2.24) is 0 Å². The van der Waals surface area contributed by atoms with Crippen molar-refractivity contribution in [3.63, 3.8) is 0 Å². The van der Waals surface area contributed by atoms with Crippen LogP contribution in [-0.4, -0.2) is 18.1 Å². The van der Waals surface area contributed by atoms with Crippen LogP contribution < -0.4 is 16.4 Å². The zero-order chi connectivity index (χ0) is 19.5. The Hall–Kier alpha value is -2.87. The molecule has 2 aromatic rings. The molecular formula is C18H21N3O4S. The number of carbonyl (C=O) groups excluding carboxylic acids is 3. The maximum absolute atomic E-state index is 12.3. The molecule has 0 fully saturated rings. The van der Waals surface area contributed by atoms with E-state index >= 15 is 0 Å². The average molecular weight is 375 g/mol. The number of amides is 3. The molecule has 0 spiro atoms. The molecule has 2 rings (SSSR count). The third kappa shape index (κ3) is 5.06. The average Bonchev–Trinajstić information content (AvgIpc) is 2.93. The van der Waals surface area contributed by atoms with E-state index in [1.54, 1.807) is 18.2 Å². The smallest absolute Gasteiger partial charge is 0.372 e. The Kier molecular flexibility index (Phi) is 5.66. The second-order valence-electron chi connectivity index (χ2n) is 6.76. The third-order valence-corrected chi connectivity index (χ3v) is 4.95. The van der Waals surface area contributed by atoms with Crippen LogP contribution >= 0.6 is 11.3 Å². The minimum absolute atomic E-state index is 0.104. The summed E-state index contributed by atoms with van der Waals surface area (Å²) in [6.45, 7) is 7.86. The first-order valence-corrected chi connectivity index (χ1v) is 8.68. The summed E-state index contributed by atoms with van der Waals surface area (Å²) in [5.74, 6) is -0.899. The summed E-state index contributed by atoms with van der Waals surface area (Å²) >= 11 is 1.14. The lowest BCUT2D eigenvalue weighted by Gasteiger charge is -2.15. The van der Waals surface area contributed by atoms with E-state index in [0.29, 0.717) is 5.69 Å². The molecule has 8 heteroatoms. The lowest BCUT2D eigenvalue weighted by atomic mass is 9.94. The van der Waals surface area contributed by atoms with Gasteiger partial charge < -0.3 is 21.1 Å². The van der Waals surface area contributed by atoms with Crippen LogP contribution in [0, 0.1) is 6.92 Å². The van der Waals surface area contributed by atoms with E-state index in [4.69, 9.17) is 5.73 Å². The Bertz CT molecular complexity index is 835. The number of benzene rings is 1. The van der Waals surface area contributed by atoms with E-state index in [1.165, 1.54) is 0 Å². The molecule has 0 radical (unpaired) electrons. The second kappa shape index (κ2) is 7.57. The van der Waals surface area contributed by atoms with Gasteiger partial charge in [0, 0.05) is 10.6 Å². The fourth-order valence-electron chi connectivity index (χ4n) is 2.06. The number of carbonyl (C=O) groups is 3. The number of primary amides is 1. The van der Waals surface area contributed by atoms with Gasteiger partial charge in [-0.25, -0.2) is 14.4 Å². The van der Waals surface area contributed by atoms with Crippen LogP contribution in [0.25, 0.3) is 0 Å². The third-order valence-electron chi connectivity index (χ3n) is 3.41. The van der Waals surface area contributed by atoms with Gasteiger partial charge in [0.05, 0.1) is 5.69 Å². The highest BCUT2D eigenvalue weighted by Gasteiger charge is 2.25. The zero-order valence-corrected chi connectivity index (χ0v) is 15.8. The first kappa shape index (κ1) is 19.5. The fourth-order valence-corrected chi connectivity index (χ4v) is 3.11. The summed E-state index contributed by atoms with van der Waals surface area (Å²) in [4.78, 5) is 36.2. The number of hydrogen-bond donors (Lipinski definition) is 3. The molecule has 1 aromatic heterocycles. The maximum atomic E-state index is 12.3. The van der Waals surface area contributed by atoms with Crippen LogP contribution in [-0.2, 0) is 10.2 Å². The minimum atomic E-state index is -1.20. The van der Waals surface area contributed by atoms with Crippen LogP contribution in [0.3, 0.4) is 0 Å². The largest absolute Gasteiger partial charge is 0.412 e. The molecule has 0 bridgehead atoms. The summed E-state index contributed by atoms with van der Waals surface area (Å²) in [6.07, 6.45) is -1.20. The molecule has 0 aliphatic heterocycles. The monoisotopic (exact) mass is 375 g/mol. The fraction of sp³-hybridized carbons (Fsp3) is 0.278. The van der Waals surface area contributed by atoms with Gasteiger partial charge in [-0.15, -0.1) is 11.3 Å². The molecule has 4 N–H and O–H groups in total. The SMILES string of the molecule is Cc1ccc(NC(=O)Nc2cc(C(C)(C)C)sc2C(=O)OC(N)=O)cc1. The number of hydrogen-bond acceptors (Lipinski definition) is 5. The summed E-state index contributed by atoms with van der Waals surface area (Å²) in [6, 6.07) is 8.45. The molecule has 1 aromatic carbocycles. The molecule has 7 nitrogen and oxygen atoms in total. The Morgan fingerprint density at radius 2 is 1.69 bits per heavy atom. The van der Waals surface area contributed by atoms with Gasteiger partial charge in [-0.2, -0.15) is 0 Å². The van der Waals surface area contributed by atoms with Crippen LogP contribution in [0.5, 0.6) is 0 Å². The van der Waals surface area contributed by atoms with Crippen molar-refractivity contribution in [2.24, 2.45) is 5.73 Å². The van der Waals surface area contributed by atoms with Crippen LogP contribution in [0.1, 0.15) is 40.9 Å². The topological polar surface area (TPSA) is 111 Å². The second-order valence-corrected chi connectivity index (χ2v) is 7.81. The number of nitrogens with two attached hydrogens (primary N) is 1. The quantitative estimate of drug-likeness (QED) is 0.550. The van der Waals surface area contributed by atoms with Crippen LogP contribution in [0.4, 0.5) is 21.0 Å². The van der Waals surface area contributed by atoms with E-state index in [1.807, 2.05) is 39.8 Å². The van der Waals surface area contributed by atoms with Crippen LogP contribution in [0.2, 0.25) is 0 Å². The number of rotatable bonds is 3. The molecule has 3 amide bonds. The van der Waals surface area contributed by atoms with Crippen molar-refractivity contribution in [1.29, 1.82) is 0 Å². The minimum Gasteiger partial charge on any atom is -0.372 e. The highest BCUT2D eigenvalue weighted by Crippen LogP contribution is 2.36. The van der Waals surface area contributed by atoms with Gasteiger partial charge in [-0.3, -0.25) is 0 Å². The number of anilines is 2. The van der Waals surface area contributed by atoms with E-state index in [2.05, 4.69) is 15.4 Å². The van der Waals surface area contributed by atoms with Gasteiger partial charge in [0.25, 0.3) is 0 Å². The lowest BCUT2D eigenvalue weighted by molar-refractivity contribution is 0.0644. The van der Waals surface area contributed by atoms with Crippen molar-refractivity contribution in [2.75, 3.05) is 10.6 Å². The first-order chi connectivity index (χ1) is 12.1. The normalized spacial score (nSPS) is 10.9. The Balaban J connectivity index is 2.24. The van der Waals surface area contributed by atoms with Crippen molar-refractivity contribution in [3.05, 3.63) is 45.6 Å². The Morgan fingerprint density at radius 1 is 1.08 bits per heavy atom. The lowest BCUT2D eigenvalue weighted by Crippen LogP contribution is -2.22. The molecule has 0 saturated carbocycles. The van der Waals surface area contributed by atoms with Crippen molar-refractivity contribution in [2.45, 2.75) is 33.1 Å². The number of esters is 1. The highest BCUT2D eigenvalue weighted by molar-refractivity contribution is 7.14. The summed E-state index contributed by atoms with van der Waals surface area (Å²) in [5.41, 5.74) is 6.60. The van der Waals surface area contributed by atoms with Gasteiger partial charge in [0.2, 0.25) is 0 Å². The van der Waals surface area contributed by atoms with Gasteiger partial charge in [0.1, 0.15) is 4.88 Å². The Labute approximate surface area is 155 Å². The van der Waals surface area contributed by atoms with Crippen molar-refractivity contribution in [3.8, 4) is 0 Å². The molecule has 0 aliphatic carbocycles. The number of ether oxygens (including phenoxy) is 1. The van der Waals surface area contributed by atoms with Crippen molar-refractivity contribution < 1.29 is 19.1 Å². The molecule has 26 heavy (non-hydrogen) atoms. The maximum Gasteiger partial charge on any atom is 0.412 e. The highest BCUT2D eigenvalue weighted by atomic mass is 32.1. The summed E-state index contributed by atoms with van der Waals surface area (Å²) < 4.78 is 4.45. The molecule has 0 atom stereocenters. The molecule has 0 saturated heterocycles. The predicted octanol–water partition coefficient (Wildman–Crippen LogP) is 4.23. The Morgan fingerprint density at radius 3 is 2.23 bits per heavy atom. The molecule has 1 heterocycles. The van der Waals surface area contributed by atoms with Crippen LogP contribution in [0.15, 0.2) is 30.3 Å². The molecule has 138 valence electrons. The van der Waals surface area contributed by atoms with E-state index < -0.39 is 18.1 Å². The number of aryl methyl sites for hydroxylation is 1. The van der Waals surface area contributed by atoms with Gasteiger partial charge in [-0.1, -0.05) is 38.5 Å².